The Hall–Kier alpha value is -0.980. The van der Waals surface area contributed by atoms with Gasteiger partial charge in [0, 0.05) is 14.8 Å². The average Bonchev–Trinajstić information content (AvgIpc) is 2.53. The second kappa shape index (κ2) is 9.49. The van der Waals surface area contributed by atoms with Crippen molar-refractivity contribution in [1.29, 1.82) is 0 Å². The van der Waals surface area contributed by atoms with Crippen LogP contribution in [0.2, 0.25) is 10.0 Å². The standard InChI is InChI=1S/C18H18Cl2INO2/c1-2-3-4-8-24-17-15(19)9-12(10-16(17)20)18(23)22-14-7-5-6-13(21)11-14/h5-7,9-11H,2-4,8H2,1H3,(H,22,23). The largest absolute Gasteiger partial charge is 0.490 e. The SMILES string of the molecule is CCCCCOc1c(Cl)cc(C(=O)Nc2cccc(I)c2)cc1Cl. The maximum absolute atomic E-state index is 12.4. The Morgan fingerprint density at radius 2 is 1.88 bits per heavy atom. The summed E-state index contributed by atoms with van der Waals surface area (Å²) in [5.41, 5.74) is 1.11. The van der Waals surface area contributed by atoms with E-state index in [1.165, 1.54) is 0 Å². The van der Waals surface area contributed by atoms with Crippen LogP contribution in [0.4, 0.5) is 5.69 Å². The Labute approximate surface area is 165 Å². The van der Waals surface area contributed by atoms with Gasteiger partial charge in [0.2, 0.25) is 0 Å². The molecule has 1 amide bonds. The maximum atomic E-state index is 12.4. The van der Waals surface area contributed by atoms with E-state index in [2.05, 4.69) is 34.8 Å². The van der Waals surface area contributed by atoms with Gasteiger partial charge in [-0.2, -0.15) is 0 Å². The predicted octanol–water partition coefficient (Wildman–Crippen LogP) is 6.42. The summed E-state index contributed by atoms with van der Waals surface area (Å²) in [6, 6.07) is 10.7. The minimum atomic E-state index is -0.265. The van der Waals surface area contributed by atoms with Gasteiger partial charge in [-0.1, -0.05) is 49.0 Å². The van der Waals surface area contributed by atoms with Gasteiger partial charge in [0.05, 0.1) is 16.7 Å². The molecule has 0 unspecified atom stereocenters. The van der Waals surface area contributed by atoms with Crippen LogP contribution in [0.25, 0.3) is 0 Å². The molecule has 0 atom stereocenters. The summed E-state index contributed by atoms with van der Waals surface area (Å²) in [5, 5.41) is 3.51. The third-order valence-electron chi connectivity index (χ3n) is 3.34. The zero-order valence-corrected chi connectivity index (χ0v) is 16.9. The van der Waals surface area contributed by atoms with Gasteiger partial charge in [-0.25, -0.2) is 0 Å². The van der Waals surface area contributed by atoms with Crippen LogP contribution in [0.15, 0.2) is 36.4 Å². The molecule has 0 aliphatic carbocycles. The number of halogens is 3. The van der Waals surface area contributed by atoms with Gasteiger partial charge in [0.1, 0.15) is 0 Å². The number of carbonyl (C=O) groups excluding carboxylic acids is 1. The molecule has 0 aliphatic heterocycles. The van der Waals surface area contributed by atoms with E-state index in [4.69, 9.17) is 27.9 Å². The quantitative estimate of drug-likeness (QED) is 0.369. The van der Waals surface area contributed by atoms with E-state index in [0.717, 1.165) is 28.5 Å². The third kappa shape index (κ3) is 5.53. The van der Waals surface area contributed by atoms with Crippen molar-refractivity contribution in [3.63, 3.8) is 0 Å². The fraction of sp³-hybridized carbons (Fsp3) is 0.278. The number of nitrogens with one attached hydrogen (secondary N) is 1. The molecule has 3 nitrogen and oxygen atoms in total. The van der Waals surface area contributed by atoms with Crippen molar-refractivity contribution in [2.24, 2.45) is 0 Å². The van der Waals surface area contributed by atoms with Gasteiger partial charge in [-0.05, 0) is 59.3 Å². The highest BCUT2D eigenvalue weighted by molar-refractivity contribution is 14.1. The Bertz CT molecular complexity index is 699. The summed E-state index contributed by atoms with van der Waals surface area (Å²) < 4.78 is 6.68. The van der Waals surface area contributed by atoms with Crippen LogP contribution >= 0.6 is 45.8 Å². The topological polar surface area (TPSA) is 38.3 Å². The van der Waals surface area contributed by atoms with E-state index in [1.54, 1.807) is 12.1 Å². The highest BCUT2D eigenvalue weighted by atomic mass is 127. The highest BCUT2D eigenvalue weighted by Crippen LogP contribution is 2.34. The van der Waals surface area contributed by atoms with Gasteiger partial charge in [0.25, 0.3) is 5.91 Å². The van der Waals surface area contributed by atoms with Gasteiger partial charge in [-0.3, -0.25) is 4.79 Å². The van der Waals surface area contributed by atoms with Gasteiger partial charge < -0.3 is 10.1 Å². The van der Waals surface area contributed by atoms with Crippen LogP contribution in [0.3, 0.4) is 0 Å². The van der Waals surface area contributed by atoms with Crippen molar-refractivity contribution in [3.8, 4) is 5.75 Å². The van der Waals surface area contributed by atoms with E-state index in [-0.39, 0.29) is 5.91 Å². The van der Waals surface area contributed by atoms with Crippen LogP contribution < -0.4 is 10.1 Å². The Balaban J connectivity index is 2.09. The summed E-state index contributed by atoms with van der Waals surface area (Å²) in [5.74, 6) is 0.165. The van der Waals surface area contributed by atoms with Crippen molar-refractivity contribution in [3.05, 3.63) is 55.6 Å². The molecule has 6 heteroatoms. The number of ether oxygens (including phenoxy) is 1. The molecule has 0 aromatic heterocycles. The summed E-state index contributed by atoms with van der Waals surface area (Å²) in [4.78, 5) is 12.4. The summed E-state index contributed by atoms with van der Waals surface area (Å²) in [7, 11) is 0. The first-order valence-corrected chi connectivity index (χ1v) is 9.53. The zero-order chi connectivity index (χ0) is 17.5. The minimum absolute atomic E-state index is 0.265. The molecular formula is C18H18Cl2INO2. The van der Waals surface area contributed by atoms with Gasteiger partial charge >= 0.3 is 0 Å². The number of benzene rings is 2. The van der Waals surface area contributed by atoms with Crippen molar-refractivity contribution in [1.82, 2.24) is 0 Å². The number of unbranched alkanes of at least 4 members (excludes halogenated alkanes) is 2. The number of rotatable bonds is 7. The second-order valence-electron chi connectivity index (χ2n) is 5.29. The second-order valence-corrected chi connectivity index (χ2v) is 7.35. The highest BCUT2D eigenvalue weighted by Gasteiger charge is 2.14. The zero-order valence-electron chi connectivity index (χ0n) is 13.2. The number of carbonyl (C=O) groups is 1. The molecule has 0 heterocycles. The first-order chi connectivity index (χ1) is 11.5. The van der Waals surface area contributed by atoms with Crippen molar-refractivity contribution >= 4 is 57.4 Å². The Morgan fingerprint density at radius 3 is 2.50 bits per heavy atom. The van der Waals surface area contributed by atoms with E-state index >= 15 is 0 Å². The van der Waals surface area contributed by atoms with Crippen LogP contribution in [0.1, 0.15) is 36.5 Å². The number of amides is 1. The lowest BCUT2D eigenvalue weighted by molar-refractivity contribution is 0.102. The summed E-state index contributed by atoms with van der Waals surface area (Å²) in [6.07, 6.45) is 3.14. The molecule has 0 aliphatic rings. The lowest BCUT2D eigenvalue weighted by Gasteiger charge is -2.12. The minimum Gasteiger partial charge on any atom is -0.490 e. The van der Waals surface area contributed by atoms with E-state index in [9.17, 15) is 4.79 Å². The van der Waals surface area contributed by atoms with Crippen molar-refractivity contribution < 1.29 is 9.53 Å². The van der Waals surface area contributed by atoms with Crippen LogP contribution in [0, 0.1) is 3.57 Å². The third-order valence-corrected chi connectivity index (χ3v) is 4.57. The molecule has 0 saturated heterocycles. The fourth-order valence-corrected chi connectivity index (χ4v) is 3.26. The van der Waals surface area contributed by atoms with Crippen LogP contribution in [-0.2, 0) is 0 Å². The fourth-order valence-electron chi connectivity index (χ4n) is 2.12. The molecule has 0 saturated carbocycles. The number of anilines is 1. The Kier molecular flexibility index (Phi) is 7.65. The first-order valence-electron chi connectivity index (χ1n) is 7.70. The average molecular weight is 478 g/mol. The molecule has 0 spiro atoms. The normalized spacial score (nSPS) is 10.5. The molecule has 0 bridgehead atoms. The molecule has 2 rings (SSSR count). The molecule has 2 aromatic rings. The number of hydrogen-bond acceptors (Lipinski definition) is 2. The molecule has 1 N–H and O–H groups in total. The van der Waals surface area contributed by atoms with Crippen LogP contribution in [-0.4, -0.2) is 12.5 Å². The molecular weight excluding hydrogens is 460 g/mol. The van der Waals surface area contributed by atoms with Crippen molar-refractivity contribution in [2.45, 2.75) is 26.2 Å². The van der Waals surface area contributed by atoms with Crippen LogP contribution in [0.5, 0.6) is 5.75 Å². The predicted molar refractivity (Wildman–Crippen MR) is 109 cm³/mol. The van der Waals surface area contributed by atoms with Gasteiger partial charge in [0.15, 0.2) is 5.75 Å². The number of hydrogen-bond donors (Lipinski definition) is 1. The molecule has 128 valence electrons. The first kappa shape index (κ1) is 19.3. The van der Waals surface area contributed by atoms with E-state index < -0.39 is 0 Å². The van der Waals surface area contributed by atoms with E-state index in [0.29, 0.717) is 28.0 Å². The summed E-state index contributed by atoms with van der Waals surface area (Å²) in [6.45, 7) is 2.68. The van der Waals surface area contributed by atoms with Crippen molar-refractivity contribution in [2.75, 3.05) is 11.9 Å². The monoisotopic (exact) mass is 477 g/mol. The molecule has 2 aromatic carbocycles. The van der Waals surface area contributed by atoms with Gasteiger partial charge in [-0.15, -0.1) is 0 Å². The smallest absolute Gasteiger partial charge is 0.255 e. The maximum Gasteiger partial charge on any atom is 0.255 e. The summed E-state index contributed by atoms with van der Waals surface area (Å²) >= 11 is 14.6. The van der Waals surface area contributed by atoms with E-state index in [1.807, 2.05) is 24.3 Å². The lowest BCUT2D eigenvalue weighted by Crippen LogP contribution is -2.12. The molecule has 24 heavy (non-hydrogen) atoms. The Morgan fingerprint density at radius 1 is 1.17 bits per heavy atom. The lowest BCUT2D eigenvalue weighted by atomic mass is 10.2. The molecule has 0 fully saturated rings. The molecule has 0 radical (unpaired) electrons.